The molecule has 0 bridgehead atoms. The van der Waals surface area contributed by atoms with Gasteiger partial charge in [0.15, 0.2) is 0 Å². The van der Waals surface area contributed by atoms with Gasteiger partial charge in [0, 0.05) is 35.0 Å². The number of nitrogens with one attached hydrogen (secondary N) is 1. The summed E-state index contributed by atoms with van der Waals surface area (Å²) in [7, 11) is -0.874. The van der Waals surface area contributed by atoms with Crippen molar-refractivity contribution in [1.82, 2.24) is 5.32 Å². The molecule has 17 heavy (non-hydrogen) atoms. The number of amides is 1. The van der Waals surface area contributed by atoms with Gasteiger partial charge in [-0.1, -0.05) is 0 Å². The molecular weight excluding hydrogens is 243 g/mol. The first kappa shape index (κ1) is 13.6. The first-order valence-corrected chi connectivity index (χ1v) is 6.86. The van der Waals surface area contributed by atoms with Crippen LogP contribution in [0, 0.1) is 5.82 Å². The highest BCUT2D eigenvalue weighted by molar-refractivity contribution is 7.84. The molecule has 3 N–H and O–H groups in total. The van der Waals surface area contributed by atoms with Gasteiger partial charge in [-0.15, -0.1) is 0 Å². The molecule has 0 heterocycles. The largest absolute Gasteiger partial charge is 0.399 e. The summed E-state index contributed by atoms with van der Waals surface area (Å²) in [5.74, 6) is -0.601. The second-order valence-corrected chi connectivity index (χ2v) is 5.18. The molecule has 0 radical (unpaired) electrons. The van der Waals surface area contributed by atoms with Crippen LogP contribution in [0.15, 0.2) is 18.2 Å². The summed E-state index contributed by atoms with van der Waals surface area (Å²) in [5.41, 5.74) is 5.62. The average Bonchev–Trinajstić information content (AvgIpc) is 2.23. The molecule has 1 aromatic carbocycles. The monoisotopic (exact) mass is 258 g/mol. The van der Waals surface area contributed by atoms with Crippen molar-refractivity contribution in [3.05, 3.63) is 29.6 Å². The van der Waals surface area contributed by atoms with Gasteiger partial charge in [0.05, 0.1) is 5.56 Å². The third kappa shape index (κ3) is 4.52. The predicted octanol–water partition coefficient (Wildman–Crippen LogP) is 0.906. The van der Waals surface area contributed by atoms with Crippen molar-refractivity contribution >= 4 is 22.4 Å². The van der Waals surface area contributed by atoms with Crippen molar-refractivity contribution in [3.8, 4) is 0 Å². The van der Waals surface area contributed by atoms with Gasteiger partial charge in [-0.3, -0.25) is 9.00 Å². The molecule has 6 heteroatoms. The number of nitrogens with two attached hydrogens (primary N) is 1. The van der Waals surface area contributed by atoms with E-state index in [1.807, 2.05) is 0 Å². The van der Waals surface area contributed by atoms with E-state index < -0.39 is 22.5 Å². The highest BCUT2D eigenvalue weighted by Gasteiger charge is 2.10. The molecular formula is C11H15FN2O2S. The molecule has 0 aromatic heterocycles. The van der Waals surface area contributed by atoms with Crippen LogP contribution in [0.3, 0.4) is 0 Å². The quantitative estimate of drug-likeness (QED) is 0.609. The van der Waals surface area contributed by atoms with E-state index in [9.17, 15) is 13.4 Å². The maximum atomic E-state index is 13.3. The fraction of sp³-hybridized carbons (Fsp3) is 0.364. The number of hydrogen-bond donors (Lipinski definition) is 2. The van der Waals surface area contributed by atoms with Crippen molar-refractivity contribution in [2.24, 2.45) is 0 Å². The van der Waals surface area contributed by atoms with Crippen molar-refractivity contribution < 1.29 is 13.4 Å². The number of benzene rings is 1. The van der Waals surface area contributed by atoms with E-state index in [-0.39, 0.29) is 11.3 Å². The number of halogens is 1. The first-order chi connectivity index (χ1) is 8.00. The van der Waals surface area contributed by atoms with Crippen LogP contribution in [0.25, 0.3) is 0 Å². The van der Waals surface area contributed by atoms with E-state index >= 15 is 0 Å². The van der Waals surface area contributed by atoms with E-state index in [1.165, 1.54) is 12.1 Å². The lowest BCUT2D eigenvalue weighted by molar-refractivity contribution is 0.0950. The summed E-state index contributed by atoms with van der Waals surface area (Å²) in [6, 6.07) is 3.92. The molecule has 0 aliphatic carbocycles. The molecule has 1 atom stereocenters. The lowest BCUT2D eigenvalue weighted by Crippen LogP contribution is -2.26. The van der Waals surface area contributed by atoms with Crippen LogP contribution < -0.4 is 11.1 Å². The van der Waals surface area contributed by atoms with E-state index in [2.05, 4.69) is 5.32 Å². The number of hydrogen-bond acceptors (Lipinski definition) is 3. The van der Waals surface area contributed by atoms with Crippen LogP contribution in [0.1, 0.15) is 16.8 Å². The zero-order valence-corrected chi connectivity index (χ0v) is 10.3. The van der Waals surface area contributed by atoms with E-state index in [0.29, 0.717) is 18.7 Å². The van der Waals surface area contributed by atoms with Crippen LogP contribution in [0.2, 0.25) is 0 Å². The lowest BCUT2D eigenvalue weighted by Gasteiger charge is -2.06. The second kappa shape index (κ2) is 6.34. The Kier molecular flexibility index (Phi) is 5.09. The van der Waals surface area contributed by atoms with Gasteiger partial charge in [0.1, 0.15) is 5.82 Å². The van der Waals surface area contributed by atoms with Gasteiger partial charge in [-0.2, -0.15) is 0 Å². The normalized spacial score (nSPS) is 12.1. The highest BCUT2D eigenvalue weighted by Crippen LogP contribution is 2.11. The van der Waals surface area contributed by atoms with Gasteiger partial charge >= 0.3 is 0 Å². The molecule has 0 aliphatic heterocycles. The molecule has 1 unspecified atom stereocenters. The summed E-state index contributed by atoms with van der Waals surface area (Å²) in [5, 5.41) is 2.56. The molecule has 0 fully saturated rings. The van der Waals surface area contributed by atoms with Crippen LogP contribution in [0.5, 0.6) is 0 Å². The Morgan fingerprint density at radius 1 is 1.53 bits per heavy atom. The number of anilines is 1. The summed E-state index contributed by atoms with van der Waals surface area (Å²) < 4.78 is 24.1. The molecule has 4 nitrogen and oxygen atoms in total. The Morgan fingerprint density at radius 3 is 2.82 bits per heavy atom. The highest BCUT2D eigenvalue weighted by atomic mass is 32.2. The van der Waals surface area contributed by atoms with Crippen LogP contribution in [0.4, 0.5) is 10.1 Å². The van der Waals surface area contributed by atoms with Gasteiger partial charge in [-0.25, -0.2) is 4.39 Å². The van der Waals surface area contributed by atoms with Gasteiger partial charge < -0.3 is 11.1 Å². The second-order valence-electron chi connectivity index (χ2n) is 3.63. The van der Waals surface area contributed by atoms with Gasteiger partial charge in [0.2, 0.25) is 0 Å². The zero-order valence-electron chi connectivity index (χ0n) is 9.53. The summed E-state index contributed by atoms with van der Waals surface area (Å²) >= 11 is 0. The summed E-state index contributed by atoms with van der Waals surface area (Å²) in [4.78, 5) is 11.6. The maximum absolute atomic E-state index is 13.3. The van der Waals surface area contributed by atoms with Crippen molar-refractivity contribution in [3.63, 3.8) is 0 Å². The third-order valence-electron chi connectivity index (χ3n) is 2.13. The molecule has 1 rings (SSSR count). The minimum Gasteiger partial charge on any atom is -0.399 e. The van der Waals surface area contributed by atoms with Crippen molar-refractivity contribution in [2.75, 3.05) is 24.3 Å². The van der Waals surface area contributed by atoms with E-state index in [1.54, 1.807) is 6.26 Å². The number of nitrogen functional groups attached to an aromatic ring is 1. The standard InChI is InChI=1S/C11H15FN2O2S/c1-17(16)6-2-5-14-11(15)9-4-3-8(13)7-10(9)12/h3-4,7H,2,5-6,13H2,1H3,(H,14,15). The predicted molar refractivity (Wildman–Crippen MR) is 66.7 cm³/mol. The Bertz CT molecular complexity index is 437. The smallest absolute Gasteiger partial charge is 0.254 e. The summed E-state index contributed by atoms with van der Waals surface area (Å²) in [6.07, 6.45) is 2.20. The van der Waals surface area contributed by atoms with Crippen LogP contribution in [-0.2, 0) is 10.8 Å². The Balaban J connectivity index is 2.50. The molecule has 0 aliphatic rings. The fourth-order valence-corrected chi connectivity index (χ4v) is 1.84. The number of carbonyl (C=O) groups is 1. The molecule has 94 valence electrons. The van der Waals surface area contributed by atoms with Crippen LogP contribution >= 0.6 is 0 Å². The number of carbonyl (C=O) groups excluding carboxylic acids is 1. The molecule has 0 spiro atoms. The van der Waals surface area contributed by atoms with Crippen LogP contribution in [-0.4, -0.2) is 28.7 Å². The number of rotatable bonds is 5. The minimum absolute atomic E-state index is 0.0307. The Labute approximate surface area is 102 Å². The van der Waals surface area contributed by atoms with E-state index in [4.69, 9.17) is 5.73 Å². The Morgan fingerprint density at radius 2 is 2.24 bits per heavy atom. The third-order valence-corrected chi connectivity index (χ3v) is 3.00. The zero-order chi connectivity index (χ0) is 12.8. The summed E-state index contributed by atoms with van der Waals surface area (Å²) in [6.45, 7) is 0.377. The Hall–Kier alpha value is -1.43. The SMILES string of the molecule is CS(=O)CCCNC(=O)c1ccc(N)cc1F. The average molecular weight is 258 g/mol. The van der Waals surface area contributed by atoms with Gasteiger partial charge in [-0.05, 0) is 24.6 Å². The van der Waals surface area contributed by atoms with Crippen molar-refractivity contribution in [1.29, 1.82) is 0 Å². The first-order valence-electron chi connectivity index (χ1n) is 5.14. The topological polar surface area (TPSA) is 72.2 Å². The molecule has 1 aromatic rings. The molecule has 0 saturated heterocycles. The van der Waals surface area contributed by atoms with E-state index in [0.717, 1.165) is 6.07 Å². The van der Waals surface area contributed by atoms with Crippen molar-refractivity contribution in [2.45, 2.75) is 6.42 Å². The fourth-order valence-electron chi connectivity index (χ4n) is 1.29. The molecule has 0 saturated carbocycles. The van der Waals surface area contributed by atoms with Gasteiger partial charge in [0.25, 0.3) is 5.91 Å². The minimum atomic E-state index is -0.874. The molecule has 1 amide bonds. The maximum Gasteiger partial charge on any atom is 0.254 e. The lowest BCUT2D eigenvalue weighted by atomic mass is 10.2.